The standard InChI is InChI=1S/C21H24N10/c1-14(2)28-29-20(27-23)16-4-3-5-18(8-16)26-21-19-17(6-7-31(19)25-13-24-21)12-30-10-15(9-22)11-30/h3-8,13-15,23,28H,10-12H2,1-2H3,(H,24,25,26)/b27-23?,29-20-. The molecule has 1 aliphatic rings. The first kappa shape index (κ1) is 20.4. The van der Waals surface area contributed by atoms with Crippen LogP contribution >= 0.6 is 0 Å². The second-order valence-electron chi connectivity index (χ2n) is 7.80. The lowest BCUT2D eigenvalue weighted by molar-refractivity contribution is 0.127. The molecule has 10 heteroatoms. The SMILES string of the molecule is CC(C)N/N=C(\N=N)c1cccc(Nc2ncnn3ccc(CN4CC(C#N)C4)c23)c1. The lowest BCUT2D eigenvalue weighted by Crippen LogP contribution is -2.45. The zero-order chi connectivity index (χ0) is 21.8. The van der Waals surface area contributed by atoms with E-state index in [9.17, 15) is 0 Å². The van der Waals surface area contributed by atoms with Crippen molar-refractivity contribution in [3.63, 3.8) is 0 Å². The molecule has 1 saturated heterocycles. The zero-order valence-electron chi connectivity index (χ0n) is 17.4. The summed E-state index contributed by atoms with van der Waals surface area (Å²) in [5, 5.41) is 24.4. The van der Waals surface area contributed by atoms with Crippen LogP contribution in [0.2, 0.25) is 0 Å². The molecule has 0 aliphatic carbocycles. The van der Waals surface area contributed by atoms with E-state index in [0.29, 0.717) is 11.7 Å². The maximum Gasteiger partial charge on any atom is 0.200 e. The number of hydrogen-bond donors (Lipinski definition) is 3. The molecule has 31 heavy (non-hydrogen) atoms. The van der Waals surface area contributed by atoms with Gasteiger partial charge in [-0.25, -0.2) is 15.0 Å². The quantitative estimate of drug-likeness (QED) is 0.235. The first-order valence-electron chi connectivity index (χ1n) is 10.1. The van der Waals surface area contributed by atoms with Crippen LogP contribution in [0.15, 0.2) is 53.1 Å². The molecule has 3 heterocycles. The average Bonchev–Trinajstić information content (AvgIpc) is 3.15. The number of amidine groups is 1. The largest absolute Gasteiger partial charge is 0.338 e. The first-order chi connectivity index (χ1) is 15.1. The Morgan fingerprint density at radius 2 is 2.19 bits per heavy atom. The second kappa shape index (κ2) is 8.89. The molecule has 10 nitrogen and oxygen atoms in total. The summed E-state index contributed by atoms with van der Waals surface area (Å²) in [4.78, 5) is 6.69. The Morgan fingerprint density at radius 1 is 1.35 bits per heavy atom. The van der Waals surface area contributed by atoms with Gasteiger partial charge in [0.15, 0.2) is 11.7 Å². The molecule has 0 atom stereocenters. The first-order valence-corrected chi connectivity index (χ1v) is 10.1. The lowest BCUT2D eigenvalue weighted by Gasteiger charge is -2.35. The number of likely N-dealkylation sites (tertiary alicyclic amines) is 1. The normalized spacial score (nSPS) is 15.0. The average molecular weight is 416 g/mol. The molecule has 158 valence electrons. The third-order valence-corrected chi connectivity index (χ3v) is 4.99. The van der Waals surface area contributed by atoms with Gasteiger partial charge < -0.3 is 10.7 Å². The van der Waals surface area contributed by atoms with E-state index in [1.807, 2.05) is 50.4 Å². The molecule has 3 N–H and O–H groups in total. The molecule has 0 radical (unpaired) electrons. The van der Waals surface area contributed by atoms with Crippen LogP contribution in [0.5, 0.6) is 0 Å². The molecule has 2 aromatic heterocycles. The number of aromatic nitrogens is 3. The van der Waals surface area contributed by atoms with Gasteiger partial charge in [-0.3, -0.25) is 4.90 Å². The van der Waals surface area contributed by atoms with Gasteiger partial charge in [0.05, 0.1) is 12.0 Å². The molecule has 3 aromatic rings. The summed E-state index contributed by atoms with van der Waals surface area (Å²) in [6, 6.07) is 12.0. The molecule has 0 saturated carbocycles. The topological polar surface area (TPSA) is 130 Å². The highest BCUT2D eigenvalue weighted by atomic mass is 15.3. The summed E-state index contributed by atoms with van der Waals surface area (Å²) >= 11 is 0. The van der Waals surface area contributed by atoms with Crippen molar-refractivity contribution >= 4 is 22.9 Å². The monoisotopic (exact) mass is 416 g/mol. The summed E-state index contributed by atoms with van der Waals surface area (Å²) in [6.07, 6.45) is 3.42. The number of rotatable bonds is 7. The smallest absolute Gasteiger partial charge is 0.200 e. The van der Waals surface area contributed by atoms with E-state index in [2.05, 4.69) is 42.0 Å². The molecule has 1 aromatic carbocycles. The number of nitrogens with one attached hydrogen (secondary N) is 3. The van der Waals surface area contributed by atoms with Gasteiger partial charge in [0.2, 0.25) is 0 Å². The molecule has 0 spiro atoms. The van der Waals surface area contributed by atoms with Crippen LogP contribution in [0.4, 0.5) is 11.5 Å². The summed E-state index contributed by atoms with van der Waals surface area (Å²) in [7, 11) is 0. The van der Waals surface area contributed by atoms with Crippen molar-refractivity contribution in [3.05, 3.63) is 54.0 Å². The number of anilines is 2. The molecule has 1 fully saturated rings. The number of hydrogen-bond acceptors (Lipinski definition) is 8. The maximum absolute atomic E-state index is 9.01. The molecular weight excluding hydrogens is 392 g/mol. The number of hydrazone groups is 1. The van der Waals surface area contributed by atoms with Crippen LogP contribution in [0.1, 0.15) is 25.0 Å². The third kappa shape index (κ3) is 4.51. The van der Waals surface area contributed by atoms with Gasteiger partial charge >= 0.3 is 0 Å². The van der Waals surface area contributed by atoms with Crippen LogP contribution in [0.3, 0.4) is 0 Å². The minimum absolute atomic E-state index is 0.119. The second-order valence-corrected chi connectivity index (χ2v) is 7.80. The highest BCUT2D eigenvalue weighted by Crippen LogP contribution is 2.26. The summed E-state index contributed by atoms with van der Waals surface area (Å²) in [5.41, 5.74) is 13.9. The Hall–Kier alpha value is -3.84. The van der Waals surface area contributed by atoms with Crippen LogP contribution in [0, 0.1) is 22.8 Å². The lowest BCUT2D eigenvalue weighted by atomic mass is 10.0. The van der Waals surface area contributed by atoms with Crippen LogP contribution in [0.25, 0.3) is 5.52 Å². The van der Waals surface area contributed by atoms with E-state index in [0.717, 1.165) is 42.0 Å². The molecule has 0 amide bonds. The van der Waals surface area contributed by atoms with E-state index in [1.165, 1.54) is 6.33 Å². The van der Waals surface area contributed by atoms with Crippen molar-refractivity contribution in [1.29, 1.82) is 10.8 Å². The van der Waals surface area contributed by atoms with E-state index in [1.54, 1.807) is 4.52 Å². The summed E-state index contributed by atoms with van der Waals surface area (Å²) < 4.78 is 1.80. The van der Waals surface area contributed by atoms with E-state index >= 15 is 0 Å². The Kier molecular flexibility index (Phi) is 5.86. The number of nitriles is 1. The van der Waals surface area contributed by atoms with Crippen molar-refractivity contribution in [1.82, 2.24) is 24.9 Å². The molecular formula is C21H24N10. The minimum atomic E-state index is 0.119. The number of fused-ring (bicyclic) bond motifs is 1. The Bertz CT molecular complexity index is 1150. The van der Waals surface area contributed by atoms with Crippen molar-refractivity contribution < 1.29 is 0 Å². The van der Waals surface area contributed by atoms with Gasteiger partial charge in [0.1, 0.15) is 11.8 Å². The molecule has 0 bridgehead atoms. The van der Waals surface area contributed by atoms with Crippen molar-refractivity contribution in [3.8, 4) is 6.07 Å². The highest BCUT2D eigenvalue weighted by Gasteiger charge is 2.27. The van der Waals surface area contributed by atoms with E-state index in [4.69, 9.17) is 10.8 Å². The third-order valence-electron chi connectivity index (χ3n) is 4.99. The molecule has 0 unspecified atom stereocenters. The van der Waals surface area contributed by atoms with Crippen molar-refractivity contribution in [2.45, 2.75) is 26.4 Å². The number of nitrogens with zero attached hydrogens (tertiary/aromatic N) is 7. The van der Waals surface area contributed by atoms with Gasteiger partial charge in [-0.05, 0) is 37.6 Å². The predicted molar refractivity (Wildman–Crippen MR) is 117 cm³/mol. The Morgan fingerprint density at radius 3 is 2.94 bits per heavy atom. The Balaban J connectivity index is 1.59. The fraction of sp³-hybridized carbons (Fsp3) is 0.333. The van der Waals surface area contributed by atoms with Crippen LogP contribution in [-0.4, -0.2) is 44.5 Å². The minimum Gasteiger partial charge on any atom is -0.338 e. The van der Waals surface area contributed by atoms with E-state index < -0.39 is 0 Å². The fourth-order valence-electron chi connectivity index (χ4n) is 3.48. The van der Waals surface area contributed by atoms with Gasteiger partial charge in [0.25, 0.3) is 0 Å². The van der Waals surface area contributed by atoms with Crippen LogP contribution in [-0.2, 0) is 6.54 Å². The molecule has 4 rings (SSSR count). The van der Waals surface area contributed by atoms with Gasteiger partial charge in [0, 0.05) is 43.1 Å². The predicted octanol–water partition coefficient (Wildman–Crippen LogP) is 3.12. The fourth-order valence-corrected chi connectivity index (χ4v) is 3.48. The van der Waals surface area contributed by atoms with Crippen molar-refractivity contribution in [2.75, 3.05) is 18.4 Å². The Labute approximate surface area is 180 Å². The summed E-state index contributed by atoms with van der Waals surface area (Å²) in [6.45, 7) is 6.26. The van der Waals surface area contributed by atoms with Gasteiger partial charge in [-0.1, -0.05) is 12.1 Å². The maximum atomic E-state index is 9.01. The van der Waals surface area contributed by atoms with Gasteiger partial charge in [-0.15, -0.1) is 5.11 Å². The number of benzene rings is 1. The summed E-state index contributed by atoms with van der Waals surface area (Å²) in [5.74, 6) is 1.11. The van der Waals surface area contributed by atoms with Crippen molar-refractivity contribution in [2.24, 2.45) is 16.1 Å². The molecule has 1 aliphatic heterocycles. The zero-order valence-corrected chi connectivity index (χ0v) is 17.4. The highest BCUT2D eigenvalue weighted by molar-refractivity contribution is 5.99. The van der Waals surface area contributed by atoms with Gasteiger partial charge in [-0.2, -0.15) is 15.5 Å². The van der Waals surface area contributed by atoms with Crippen LogP contribution < -0.4 is 10.7 Å². The van der Waals surface area contributed by atoms with E-state index in [-0.39, 0.29) is 12.0 Å².